The minimum Gasteiger partial charge on any atom is -0.278 e. The molecule has 0 aliphatic carbocycles. The summed E-state index contributed by atoms with van der Waals surface area (Å²) in [5, 5.41) is 20.1. The number of hydrogen-bond acceptors (Lipinski definition) is 5. The lowest BCUT2D eigenvalue weighted by atomic mass is 10.1. The maximum Gasteiger partial charge on any atom is 0.133 e. The predicted octanol–water partition coefficient (Wildman–Crippen LogP) is 4.70. The van der Waals surface area contributed by atoms with Crippen molar-refractivity contribution in [3.05, 3.63) is 65.1 Å². The van der Waals surface area contributed by atoms with Crippen molar-refractivity contribution >= 4 is 34.1 Å². The Morgan fingerprint density at radius 3 is 2.92 bits per heavy atom. The molecule has 0 saturated carbocycles. The van der Waals surface area contributed by atoms with Crippen LogP contribution in [0.4, 0.5) is 5.69 Å². The topological polar surface area (TPSA) is 77.7 Å². The van der Waals surface area contributed by atoms with E-state index in [1.165, 1.54) is 11.3 Å². The average Bonchev–Trinajstić information content (AvgIpc) is 3.32. The monoisotopic (exact) mass is 343 g/mol. The fourth-order valence-corrected chi connectivity index (χ4v) is 3.32. The summed E-state index contributed by atoms with van der Waals surface area (Å²) in [5.41, 5.74) is 3.62. The highest BCUT2D eigenvalue weighted by atomic mass is 32.1. The number of thiazole rings is 1. The molecule has 5 nitrogen and oxygen atoms in total. The number of rotatable bonds is 4. The van der Waals surface area contributed by atoms with Crippen LogP contribution in [0.15, 0.2) is 65.1 Å². The van der Waals surface area contributed by atoms with Crippen molar-refractivity contribution < 1.29 is 0 Å². The Morgan fingerprint density at radius 1 is 1.20 bits per heavy atom. The maximum absolute atomic E-state index is 9.49. The summed E-state index contributed by atoms with van der Waals surface area (Å²) in [5.74, 6) is -0.472. The first-order chi connectivity index (χ1) is 12.3. The van der Waals surface area contributed by atoms with Crippen molar-refractivity contribution in [1.82, 2.24) is 15.2 Å². The van der Waals surface area contributed by atoms with E-state index in [0.29, 0.717) is 0 Å². The zero-order valence-electron chi connectivity index (χ0n) is 13.1. The molecular formula is C19H13N5S. The summed E-state index contributed by atoms with van der Waals surface area (Å²) in [6.45, 7) is 0. The third-order valence-electron chi connectivity index (χ3n) is 3.79. The minimum atomic E-state index is -0.472. The second kappa shape index (κ2) is 6.67. The number of aromatic nitrogens is 3. The van der Waals surface area contributed by atoms with Crippen LogP contribution in [0.25, 0.3) is 22.2 Å². The molecule has 25 heavy (non-hydrogen) atoms. The van der Waals surface area contributed by atoms with E-state index in [-0.39, 0.29) is 0 Å². The molecular weight excluding hydrogens is 330 g/mol. The summed E-state index contributed by atoms with van der Waals surface area (Å²) in [6.07, 6.45) is 3.41. The van der Waals surface area contributed by atoms with E-state index in [9.17, 15) is 5.26 Å². The van der Waals surface area contributed by atoms with Crippen LogP contribution in [-0.4, -0.2) is 21.4 Å². The van der Waals surface area contributed by atoms with E-state index in [0.717, 1.165) is 32.9 Å². The fraction of sp³-hybridized carbons (Fsp3) is 0.0526. The zero-order valence-corrected chi connectivity index (χ0v) is 13.9. The van der Waals surface area contributed by atoms with E-state index in [1.807, 2.05) is 53.9 Å². The van der Waals surface area contributed by atoms with Gasteiger partial charge in [0.25, 0.3) is 0 Å². The average molecular weight is 343 g/mol. The molecule has 0 saturated heterocycles. The van der Waals surface area contributed by atoms with Gasteiger partial charge < -0.3 is 0 Å². The molecule has 4 aromatic rings. The van der Waals surface area contributed by atoms with Gasteiger partial charge in [-0.15, -0.1) is 11.3 Å². The minimum absolute atomic E-state index is 0.472. The van der Waals surface area contributed by atoms with Gasteiger partial charge in [0.1, 0.15) is 10.9 Å². The fourth-order valence-electron chi connectivity index (χ4n) is 2.49. The number of aromatic amines is 1. The molecule has 0 bridgehead atoms. The SMILES string of the molecule is N#CC(C=Nc1ccc2cn[nH]c2c1)c1nc(-c2ccccc2)cs1. The lowest BCUT2D eigenvalue weighted by Crippen LogP contribution is -1.96. The van der Waals surface area contributed by atoms with Gasteiger partial charge in [-0.3, -0.25) is 10.1 Å². The highest BCUT2D eigenvalue weighted by molar-refractivity contribution is 7.10. The van der Waals surface area contributed by atoms with Crippen molar-refractivity contribution in [1.29, 1.82) is 5.26 Å². The largest absolute Gasteiger partial charge is 0.278 e. The number of aliphatic imine (C=N–C) groups is 1. The zero-order chi connectivity index (χ0) is 17.1. The van der Waals surface area contributed by atoms with Crippen LogP contribution in [0, 0.1) is 11.3 Å². The summed E-state index contributed by atoms with van der Waals surface area (Å²) in [7, 11) is 0. The van der Waals surface area contributed by atoms with E-state index >= 15 is 0 Å². The van der Waals surface area contributed by atoms with Crippen LogP contribution < -0.4 is 0 Å². The predicted molar refractivity (Wildman–Crippen MR) is 100 cm³/mol. The van der Waals surface area contributed by atoms with E-state index in [4.69, 9.17) is 0 Å². The van der Waals surface area contributed by atoms with Gasteiger partial charge in [-0.2, -0.15) is 10.4 Å². The first-order valence-corrected chi connectivity index (χ1v) is 8.59. The van der Waals surface area contributed by atoms with Crippen molar-refractivity contribution in [3.63, 3.8) is 0 Å². The lowest BCUT2D eigenvalue weighted by Gasteiger charge is -1.99. The van der Waals surface area contributed by atoms with Crippen LogP contribution in [-0.2, 0) is 0 Å². The highest BCUT2D eigenvalue weighted by Crippen LogP contribution is 2.26. The number of fused-ring (bicyclic) bond motifs is 1. The number of nitriles is 1. The molecule has 0 aliphatic rings. The normalized spacial score (nSPS) is 12.4. The third kappa shape index (κ3) is 3.18. The Bertz CT molecular complexity index is 1070. The number of nitrogens with one attached hydrogen (secondary N) is 1. The van der Waals surface area contributed by atoms with Crippen molar-refractivity contribution in [2.75, 3.05) is 0 Å². The summed E-state index contributed by atoms with van der Waals surface area (Å²) in [6, 6.07) is 18.0. The molecule has 0 spiro atoms. The molecule has 6 heteroatoms. The first kappa shape index (κ1) is 15.2. The third-order valence-corrected chi connectivity index (χ3v) is 4.72. The van der Waals surface area contributed by atoms with E-state index < -0.39 is 5.92 Å². The van der Waals surface area contributed by atoms with Gasteiger partial charge in [-0.05, 0) is 18.2 Å². The quantitative estimate of drug-likeness (QED) is 0.546. The van der Waals surface area contributed by atoms with Crippen molar-refractivity contribution in [2.45, 2.75) is 5.92 Å². The molecule has 2 aromatic carbocycles. The van der Waals surface area contributed by atoms with Crippen LogP contribution in [0.1, 0.15) is 10.9 Å². The van der Waals surface area contributed by atoms with Crippen LogP contribution >= 0.6 is 11.3 Å². The standard InChI is InChI=1S/C19H13N5S/c20-9-15(10-21-16-7-6-14-11-22-24-17(14)8-16)19-23-18(12-25-19)13-4-2-1-3-5-13/h1-8,10-12,15H,(H,22,24). The Morgan fingerprint density at radius 2 is 2.08 bits per heavy atom. The molecule has 2 heterocycles. The van der Waals surface area contributed by atoms with Gasteiger partial charge in [0, 0.05) is 22.5 Å². The molecule has 0 amide bonds. The summed E-state index contributed by atoms with van der Waals surface area (Å²) in [4.78, 5) is 9.03. The Hall–Kier alpha value is -3.30. The number of benzene rings is 2. The van der Waals surface area contributed by atoms with Crippen LogP contribution in [0.3, 0.4) is 0 Å². The van der Waals surface area contributed by atoms with Crippen LogP contribution in [0.5, 0.6) is 0 Å². The Labute approximate surface area is 148 Å². The summed E-state index contributed by atoms with van der Waals surface area (Å²) < 4.78 is 0. The molecule has 0 aliphatic heterocycles. The number of H-pyrrole nitrogens is 1. The highest BCUT2D eigenvalue weighted by Gasteiger charge is 2.13. The van der Waals surface area contributed by atoms with Gasteiger partial charge in [0.2, 0.25) is 0 Å². The smallest absolute Gasteiger partial charge is 0.133 e. The van der Waals surface area contributed by atoms with Gasteiger partial charge in [0.15, 0.2) is 0 Å². The molecule has 1 atom stereocenters. The van der Waals surface area contributed by atoms with Crippen molar-refractivity contribution in [3.8, 4) is 17.3 Å². The molecule has 1 N–H and O–H groups in total. The first-order valence-electron chi connectivity index (χ1n) is 7.71. The molecule has 0 fully saturated rings. The maximum atomic E-state index is 9.49. The Kier molecular flexibility index (Phi) is 4.07. The van der Waals surface area contributed by atoms with Gasteiger partial charge in [-0.1, -0.05) is 30.3 Å². The van der Waals surface area contributed by atoms with Gasteiger partial charge >= 0.3 is 0 Å². The number of hydrogen-bond donors (Lipinski definition) is 1. The van der Waals surface area contributed by atoms with E-state index in [2.05, 4.69) is 26.2 Å². The molecule has 1 unspecified atom stereocenters. The van der Waals surface area contributed by atoms with Gasteiger partial charge in [0.05, 0.1) is 29.2 Å². The van der Waals surface area contributed by atoms with Crippen LogP contribution in [0.2, 0.25) is 0 Å². The molecule has 4 rings (SSSR count). The summed E-state index contributed by atoms with van der Waals surface area (Å²) >= 11 is 1.48. The molecule has 120 valence electrons. The molecule has 2 aromatic heterocycles. The number of nitrogens with zero attached hydrogens (tertiary/aromatic N) is 4. The van der Waals surface area contributed by atoms with Gasteiger partial charge in [-0.25, -0.2) is 4.98 Å². The second-order valence-corrected chi connectivity index (χ2v) is 6.35. The Balaban J connectivity index is 1.58. The lowest BCUT2D eigenvalue weighted by molar-refractivity contribution is 1.12. The molecule has 0 radical (unpaired) electrons. The second-order valence-electron chi connectivity index (χ2n) is 5.46. The van der Waals surface area contributed by atoms with Crippen molar-refractivity contribution in [2.24, 2.45) is 4.99 Å². The van der Waals surface area contributed by atoms with E-state index in [1.54, 1.807) is 12.4 Å².